The van der Waals surface area contributed by atoms with E-state index in [9.17, 15) is 0 Å². The van der Waals surface area contributed by atoms with Crippen molar-refractivity contribution in [1.82, 2.24) is 14.9 Å². The number of nitrogens with zero attached hydrogens (tertiary/aromatic N) is 3. The average Bonchev–Trinajstić information content (AvgIpc) is 3.40. The molecule has 0 bridgehead atoms. The van der Waals surface area contributed by atoms with E-state index in [1.165, 1.54) is 10.4 Å². The van der Waals surface area contributed by atoms with Gasteiger partial charge >= 0.3 is 0 Å². The fourth-order valence-electron chi connectivity index (χ4n) is 2.99. The summed E-state index contributed by atoms with van der Waals surface area (Å²) < 4.78 is 11.0. The molecule has 4 rings (SSSR count). The standard InChI is InChI=1S/C21H21N3O2S/c1-15-20(27-14-22-15)12-24(10-17-6-4-3-5-7-17)11-19-16(2)26-21(23-19)18-8-9-25-13-18/h3-9,13-14H,10-12H2,1-2H3. The summed E-state index contributed by atoms with van der Waals surface area (Å²) >= 11 is 1.70. The quantitative estimate of drug-likeness (QED) is 0.441. The maximum absolute atomic E-state index is 5.86. The fraction of sp³-hybridized carbons (Fsp3) is 0.238. The highest BCUT2D eigenvalue weighted by Crippen LogP contribution is 2.24. The molecule has 0 spiro atoms. The normalized spacial score (nSPS) is 11.4. The van der Waals surface area contributed by atoms with E-state index in [1.807, 2.05) is 24.6 Å². The van der Waals surface area contributed by atoms with Crippen molar-refractivity contribution in [2.45, 2.75) is 33.5 Å². The molecule has 0 N–H and O–H groups in total. The van der Waals surface area contributed by atoms with Crippen LogP contribution < -0.4 is 0 Å². The Morgan fingerprint density at radius 1 is 1.04 bits per heavy atom. The first-order valence-electron chi connectivity index (χ1n) is 8.83. The molecule has 0 unspecified atom stereocenters. The van der Waals surface area contributed by atoms with Gasteiger partial charge in [0, 0.05) is 24.5 Å². The molecule has 0 saturated carbocycles. The molecule has 0 radical (unpaired) electrons. The molecule has 138 valence electrons. The molecule has 1 aromatic carbocycles. The first kappa shape index (κ1) is 17.7. The molecule has 3 heterocycles. The number of thiazole rings is 1. The van der Waals surface area contributed by atoms with Gasteiger partial charge in [0.05, 0.1) is 28.7 Å². The largest absolute Gasteiger partial charge is 0.472 e. The van der Waals surface area contributed by atoms with Gasteiger partial charge in [-0.15, -0.1) is 11.3 Å². The summed E-state index contributed by atoms with van der Waals surface area (Å²) in [5.74, 6) is 1.44. The van der Waals surface area contributed by atoms with E-state index < -0.39 is 0 Å². The Labute approximate surface area is 162 Å². The molecule has 0 aliphatic rings. The van der Waals surface area contributed by atoms with Crippen molar-refractivity contribution in [2.75, 3.05) is 0 Å². The van der Waals surface area contributed by atoms with Gasteiger partial charge in [0.2, 0.25) is 5.89 Å². The number of aryl methyl sites for hydroxylation is 2. The number of hydrogen-bond acceptors (Lipinski definition) is 6. The minimum atomic E-state index is 0.602. The fourth-order valence-corrected chi connectivity index (χ4v) is 3.80. The molecule has 5 nitrogen and oxygen atoms in total. The maximum Gasteiger partial charge on any atom is 0.229 e. The molecule has 0 aliphatic heterocycles. The highest BCUT2D eigenvalue weighted by atomic mass is 32.1. The SMILES string of the molecule is Cc1ncsc1CN(Cc1ccccc1)Cc1nc(-c2ccoc2)oc1C. The van der Waals surface area contributed by atoms with E-state index in [0.717, 1.165) is 35.8 Å². The lowest BCUT2D eigenvalue weighted by atomic mass is 10.2. The maximum atomic E-state index is 5.86. The summed E-state index contributed by atoms with van der Waals surface area (Å²) in [4.78, 5) is 12.7. The third-order valence-corrected chi connectivity index (χ3v) is 5.42. The zero-order valence-electron chi connectivity index (χ0n) is 15.4. The summed E-state index contributed by atoms with van der Waals surface area (Å²) in [7, 11) is 0. The van der Waals surface area contributed by atoms with Crippen LogP contribution in [0.1, 0.15) is 27.6 Å². The van der Waals surface area contributed by atoms with Gasteiger partial charge in [-0.05, 0) is 25.5 Å². The van der Waals surface area contributed by atoms with E-state index in [2.05, 4.69) is 41.1 Å². The number of hydrogen-bond donors (Lipinski definition) is 0. The smallest absolute Gasteiger partial charge is 0.229 e. The molecule has 3 aromatic heterocycles. The molecule has 6 heteroatoms. The van der Waals surface area contributed by atoms with Crippen molar-refractivity contribution in [3.05, 3.63) is 82.0 Å². The van der Waals surface area contributed by atoms with Crippen LogP contribution in [0.25, 0.3) is 11.5 Å². The minimum absolute atomic E-state index is 0.602. The van der Waals surface area contributed by atoms with Crippen LogP contribution in [0.15, 0.2) is 63.3 Å². The summed E-state index contributed by atoms with van der Waals surface area (Å²) in [5, 5.41) is 0. The third-order valence-electron chi connectivity index (χ3n) is 4.50. The highest BCUT2D eigenvalue weighted by molar-refractivity contribution is 7.09. The minimum Gasteiger partial charge on any atom is -0.472 e. The monoisotopic (exact) mass is 379 g/mol. The summed E-state index contributed by atoms with van der Waals surface area (Å²) in [6, 6.07) is 12.4. The Morgan fingerprint density at radius 3 is 2.59 bits per heavy atom. The average molecular weight is 379 g/mol. The predicted octanol–water partition coefficient (Wildman–Crippen LogP) is 5.21. The number of aromatic nitrogens is 2. The van der Waals surface area contributed by atoms with E-state index in [1.54, 1.807) is 23.9 Å². The van der Waals surface area contributed by atoms with Gasteiger partial charge in [-0.1, -0.05) is 30.3 Å². The molecule has 27 heavy (non-hydrogen) atoms. The van der Waals surface area contributed by atoms with Crippen molar-refractivity contribution in [1.29, 1.82) is 0 Å². The van der Waals surface area contributed by atoms with Crippen LogP contribution in [0.5, 0.6) is 0 Å². The zero-order chi connectivity index (χ0) is 18.6. The van der Waals surface area contributed by atoms with E-state index in [0.29, 0.717) is 12.4 Å². The van der Waals surface area contributed by atoms with Crippen LogP contribution in [0.2, 0.25) is 0 Å². The Kier molecular flexibility index (Phi) is 5.18. The number of benzene rings is 1. The van der Waals surface area contributed by atoms with Crippen molar-refractivity contribution in [2.24, 2.45) is 0 Å². The molecule has 0 aliphatic carbocycles. The van der Waals surface area contributed by atoms with Gasteiger partial charge in [0.25, 0.3) is 0 Å². The molecule has 0 atom stereocenters. The van der Waals surface area contributed by atoms with Gasteiger partial charge in [-0.3, -0.25) is 4.90 Å². The number of furan rings is 1. The van der Waals surface area contributed by atoms with Crippen molar-refractivity contribution in [3.63, 3.8) is 0 Å². The summed E-state index contributed by atoms with van der Waals surface area (Å²) in [6.45, 7) is 6.40. The van der Waals surface area contributed by atoms with Gasteiger partial charge in [-0.25, -0.2) is 9.97 Å². The van der Waals surface area contributed by atoms with Crippen LogP contribution >= 0.6 is 11.3 Å². The Bertz CT molecular complexity index is 990. The van der Waals surface area contributed by atoms with E-state index in [-0.39, 0.29) is 0 Å². The first-order chi connectivity index (χ1) is 13.2. The lowest BCUT2D eigenvalue weighted by Crippen LogP contribution is -2.23. The summed E-state index contributed by atoms with van der Waals surface area (Å²) in [5.41, 5.74) is 6.08. The van der Waals surface area contributed by atoms with Crippen molar-refractivity contribution < 1.29 is 8.83 Å². The van der Waals surface area contributed by atoms with Gasteiger partial charge < -0.3 is 8.83 Å². The van der Waals surface area contributed by atoms with Gasteiger partial charge in [-0.2, -0.15) is 0 Å². The van der Waals surface area contributed by atoms with E-state index in [4.69, 9.17) is 13.8 Å². The molecule has 4 aromatic rings. The zero-order valence-corrected chi connectivity index (χ0v) is 16.2. The lowest BCUT2D eigenvalue weighted by molar-refractivity contribution is 0.245. The second-order valence-electron chi connectivity index (χ2n) is 6.53. The van der Waals surface area contributed by atoms with Crippen LogP contribution in [0.3, 0.4) is 0 Å². The van der Waals surface area contributed by atoms with Crippen LogP contribution in [0.4, 0.5) is 0 Å². The van der Waals surface area contributed by atoms with Crippen LogP contribution in [0, 0.1) is 13.8 Å². The van der Waals surface area contributed by atoms with Crippen LogP contribution in [-0.2, 0) is 19.6 Å². The molecule has 0 saturated heterocycles. The molecule has 0 amide bonds. The van der Waals surface area contributed by atoms with Crippen molar-refractivity contribution >= 4 is 11.3 Å². The lowest BCUT2D eigenvalue weighted by Gasteiger charge is -2.21. The number of oxazole rings is 1. The van der Waals surface area contributed by atoms with Gasteiger partial charge in [0.15, 0.2) is 0 Å². The predicted molar refractivity (Wildman–Crippen MR) is 105 cm³/mol. The second-order valence-corrected chi connectivity index (χ2v) is 7.46. The Hall–Kier alpha value is -2.70. The Balaban J connectivity index is 1.58. The van der Waals surface area contributed by atoms with Crippen LogP contribution in [-0.4, -0.2) is 14.9 Å². The van der Waals surface area contributed by atoms with Crippen molar-refractivity contribution in [3.8, 4) is 11.5 Å². The molecular weight excluding hydrogens is 358 g/mol. The first-order valence-corrected chi connectivity index (χ1v) is 9.71. The third kappa shape index (κ3) is 4.18. The summed E-state index contributed by atoms with van der Waals surface area (Å²) in [6.07, 6.45) is 3.28. The molecular formula is C21H21N3O2S. The van der Waals surface area contributed by atoms with Gasteiger partial charge in [0.1, 0.15) is 12.0 Å². The molecule has 0 fully saturated rings. The topological polar surface area (TPSA) is 55.3 Å². The second kappa shape index (κ2) is 7.90. The van der Waals surface area contributed by atoms with E-state index >= 15 is 0 Å². The highest BCUT2D eigenvalue weighted by Gasteiger charge is 2.17. The number of rotatable bonds is 7. The Morgan fingerprint density at radius 2 is 1.89 bits per heavy atom.